The first kappa shape index (κ1) is 13.8. The van der Waals surface area contributed by atoms with Crippen molar-refractivity contribution in [3.8, 4) is 0 Å². The zero-order chi connectivity index (χ0) is 13.1. The van der Waals surface area contributed by atoms with Crippen molar-refractivity contribution >= 4 is 34.3 Å². The molecule has 0 amide bonds. The lowest BCUT2D eigenvalue weighted by Crippen LogP contribution is -2.15. The summed E-state index contributed by atoms with van der Waals surface area (Å²) < 4.78 is 1.86. The summed E-state index contributed by atoms with van der Waals surface area (Å²) in [4.78, 5) is 17.4. The van der Waals surface area contributed by atoms with Crippen LogP contribution in [0.5, 0.6) is 0 Å². The molecule has 18 heavy (non-hydrogen) atoms. The number of hydrogen-bond donors (Lipinski definition) is 0. The summed E-state index contributed by atoms with van der Waals surface area (Å²) in [5, 5.41) is 3.09. The highest BCUT2D eigenvalue weighted by molar-refractivity contribution is 7.09. The Labute approximate surface area is 119 Å². The quantitative estimate of drug-likeness (QED) is 0.794. The molecule has 2 rings (SSSR count). The Morgan fingerprint density at radius 1 is 1.44 bits per heavy atom. The summed E-state index contributed by atoms with van der Waals surface area (Å²) >= 11 is 8.68. The van der Waals surface area contributed by atoms with E-state index in [1.54, 1.807) is 11.3 Å². The maximum atomic E-state index is 11.7. The van der Waals surface area contributed by atoms with Crippen LogP contribution in [0.1, 0.15) is 27.7 Å². The molecule has 0 bridgehead atoms. The van der Waals surface area contributed by atoms with Gasteiger partial charge in [-0.15, -0.1) is 22.9 Å². The zero-order valence-corrected chi connectivity index (χ0v) is 12.8. The van der Waals surface area contributed by atoms with Crippen molar-refractivity contribution in [2.75, 3.05) is 0 Å². The van der Waals surface area contributed by atoms with Gasteiger partial charge in [-0.1, -0.05) is 11.3 Å². The van der Waals surface area contributed by atoms with Crippen LogP contribution in [0.3, 0.4) is 0 Å². The molecule has 2 aromatic heterocycles. The monoisotopic (exact) mass is 302 g/mol. The minimum atomic E-state index is 0.144. The van der Waals surface area contributed by atoms with Crippen molar-refractivity contribution < 1.29 is 0 Å². The first-order valence-electron chi connectivity index (χ1n) is 5.78. The fourth-order valence-corrected chi connectivity index (χ4v) is 3.69. The Morgan fingerprint density at radius 2 is 2.22 bits per heavy atom. The third-order valence-electron chi connectivity index (χ3n) is 2.88. The lowest BCUT2D eigenvalue weighted by molar-refractivity contribution is 0.617. The molecular formula is C12H15ClN2OS2. The number of aromatic nitrogens is 2. The van der Waals surface area contributed by atoms with Crippen LogP contribution in [-0.2, 0) is 18.8 Å². The van der Waals surface area contributed by atoms with Crippen LogP contribution in [-0.4, -0.2) is 9.55 Å². The first-order chi connectivity index (χ1) is 8.61. The van der Waals surface area contributed by atoms with Crippen LogP contribution in [0.25, 0.3) is 0 Å². The van der Waals surface area contributed by atoms with Gasteiger partial charge in [-0.3, -0.25) is 4.79 Å². The van der Waals surface area contributed by atoms with Crippen molar-refractivity contribution in [3.63, 3.8) is 0 Å². The minimum absolute atomic E-state index is 0.144. The molecule has 0 aliphatic rings. The number of thiazole rings is 2. The molecule has 2 aromatic rings. The van der Waals surface area contributed by atoms with Crippen molar-refractivity contribution in [2.24, 2.45) is 0 Å². The molecule has 0 aliphatic heterocycles. The minimum Gasteiger partial charge on any atom is -0.303 e. The smallest absolute Gasteiger partial charge is 0.303 e. The number of halogens is 1. The molecule has 3 nitrogen and oxygen atoms in total. The largest absolute Gasteiger partial charge is 0.307 e. The molecule has 0 saturated carbocycles. The van der Waals surface area contributed by atoms with Gasteiger partial charge < -0.3 is 4.57 Å². The molecular weight excluding hydrogens is 288 g/mol. The van der Waals surface area contributed by atoms with Crippen molar-refractivity contribution in [2.45, 2.75) is 39.1 Å². The number of hydrogen-bond acceptors (Lipinski definition) is 4. The van der Waals surface area contributed by atoms with E-state index in [2.05, 4.69) is 4.98 Å². The summed E-state index contributed by atoms with van der Waals surface area (Å²) in [6.07, 6.45) is 1.84. The summed E-state index contributed by atoms with van der Waals surface area (Å²) in [7, 11) is 0. The topological polar surface area (TPSA) is 34.9 Å². The maximum absolute atomic E-state index is 11.7. The number of nitrogens with zero attached hydrogens (tertiary/aromatic N) is 2. The van der Waals surface area contributed by atoms with E-state index in [4.69, 9.17) is 11.6 Å². The Balaban J connectivity index is 1.94. The lowest BCUT2D eigenvalue weighted by atomic mass is 10.3. The van der Waals surface area contributed by atoms with E-state index in [0.29, 0.717) is 5.88 Å². The third-order valence-corrected chi connectivity index (χ3v) is 5.11. The van der Waals surface area contributed by atoms with Gasteiger partial charge >= 0.3 is 4.87 Å². The number of aryl methyl sites for hydroxylation is 2. The predicted molar refractivity (Wildman–Crippen MR) is 78.0 cm³/mol. The molecule has 2 heterocycles. The zero-order valence-electron chi connectivity index (χ0n) is 10.4. The average Bonchev–Trinajstić information content (AvgIpc) is 2.89. The predicted octanol–water partition coefficient (Wildman–Crippen LogP) is 3.35. The molecule has 98 valence electrons. The van der Waals surface area contributed by atoms with E-state index in [0.717, 1.165) is 40.7 Å². The van der Waals surface area contributed by atoms with Gasteiger partial charge in [0.25, 0.3) is 0 Å². The first-order valence-corrected chi connectivity index (χ1v) is 8.01. The van der Waals surface area contributed by atoms with E-state index >= 15 is 0 Å². The molecule has 0 unspecified atom stereocenters. The number of rotatable bonds is 5. The average molecular weight is 303 g/mol. The van der Waals surface area contributed by atoms with Crippen LogP contribution in [0.15, 0.2) is 10.2 Å². The van der Waals surface area contributed by atoms with E-state index in [1.807, 2.05) is 23.8 Å². The van der Waals surface area contributed by atoms with Crippen LogP contribution >= 0.6 is 34.3 Å². The van der Waals surface area contributed by atoms with Crippen LogP contribution in [0, 0.1) is 13.8 Å². The maximum Gasteiger partial charge on any atom is 0.307 e. The van der Waals surface area contributed by atoms with Crippen LogP contribution in [0.2, 0.25) is 0 Å². The van der Waals surface area contributed by atoms with Crippen molar-refractivity contribution in [1.29, 1.82) is 0 Å². The van der Waals surface area contributed by atoms with Gasteiger partial charge in [0.05, 0.1) is 16.6 Å². The standard InChI is InChI=1S/C12H15ClN2OS2/c1-8-9(2)18-12(16)15(8)5-3-4-11-14-10(6-13)7-17-11/h7H,3-6H2,1-2H3. The van der Waals surface area contributed by atoms with Crippen LogP contribution in [0.4, 0.5) is 0 Å². The second kappa shape index (κ2) is 5.99. The van der Waals surface area contributed by atoms with Gasteiger partial charge in [0.2, 0.25) is 0 Å². The Morgan fingerprint density at radius 3 is 2.78 bits per heavy atom. The molecule has 6 heteroatoms. The van der Waals surface area contributed by atoms with Crippen molar-refractivity contribution in [3.05, 3.63) is 36.3 Å². The van der Waals surface area contributed by atoms with E-state index < -0.39 is 0 Å². The second-order valence-corrected chi connectivity index (χ2v) is 6.51. The summed E-state index contributed by atoms with van der Waals surface area (Å²) in [5.41, 5.74) is 2.03. The summed E-state index contributed by atoms with van der Waals surface area (Å²) in [6, 6.07) is 0. The fourth-order valence-electron chi connectivity index (χ4n) is 1.76. The molecule has 0 atom stereocenters. The van der Waals surface area contributed by atoms with Gasteiger partial charge in [-0.25, -0.2) is 4.98 Å². The SMILES string of the molecule is Cc1sc(=O)n(CCCc2nc(CCl)cs2)c1C. The molecule has 0 saturated heterocycles. The third kappa shape index (κ3) is 3.02. The van der Waals surface area contributed by atoms with Gasteiger partial charge in [0, 0.05) is 28.9 Å². The highest BCUT2D eigenvalue weighted by atomic mass is 35.5. The molecule has 0 N–H and O–H groups in total. The number of alkyl halides is 1. The molecule has 0 radical (unpaired) electrons. The molecule has 0 spiro atoms. The fraction of sp³-hybridized carbons (Fsp3) is 0.500. The lowest BCUT2D eigenvalue weighted by Gasteiger charge is -2.03. The Kier molecular flexibility index (Phi) is 4.59. The highest BCUT2D eigenvalue weighted by Gasteiger charge is 2.07. The van der Waals surface area contributed by atoms with Crippen molar-refractivity contribution in [1.82, 2.24) is 9.55 Å². The molecule has 0 fully saturated rings. The van der Waals surface area contributed by atoms with Crippen LogP contribution < -0.4 is 4.87 Å². The molecule has 0 aromatic carbocycles. The molecule has 0 aliphatic carbocycles. The summed E-state index contributed by atoms with van der Waals surface area (Å²) in [6.45, 7) is 4.76. The second-order valence-electron chi connectivity index (χ2n) is 4.13. The van der Waals surface area contributed by atoms with E-state index in [9.17, 15) is 4.79 Å². The van der Waals surface area contributed by atoms with Gasteiger partial charge in [-0.05, 0) is 20.3 Å². The van der Waals surface area contributed by atoms with Gasteiger partial charge in [0.1, 0.15) is 0 Å². The summed E-state index contributed by atoms with van der Waals surface area (Å²) in [5.74, 6) is 0.471. The van der Waals surface area contributed by atoms with Gasteiger partial charge in [0.15, 0.2) is 0 Å². The van der Waals surface area contributed by atoms with E-state index in [1.165, 1.54) is 11.3 Å². The van der Waals surface area contributed by atoms with Gasteiger partial charge in [-0.2, -0.15) is 0 Å². The van der Waals surface area contributed by atoms with E-state index in [-0.39, 0.29) is 4.87 Å². The Hall–Kier alpha value is -0.650. The highest BCUT2D eigenvalue weighted by Crippen LogP contribution is 2.15. The Bertz CT molecular complexity index is 585. The normalized spacial score (nSPS) is 11.1.